The molecular weight excluding hydrogens is 197 g/mol. The number of H-pyrrole nitrogens is 1. The van der Waals surface area contributed by atoms with Crippen molar-refractivity contribution >= 4 is 11.0 Å². The van der Waals surface area contributed by atoms with E-state index in [-0.39, 0.29) is 17.2 Å². The number of halogens is 1. The number of nitrogens with zero attached hydrogens (tertiary/aromatic N) is 1. The van der Waals surface area contributed by atoms with Crippen molar-refractivity contribution in [2.75, 3.05) is 0 Å². The van der Waals surface area contributed by atoms with E-state index in [1.54, 1.807) is 19.1 Å². The summed E-state index contributed by atoms with van der Waals surface area (Å²) >= 11 is 0. The monoisotopic (exact) mass is 209 g/mol. The van der Waals surface area contributed by atoms with Crippen LogP contribution in [0.5, 0.6) is 0 Å². The summed E-state index contributed by atoms with van der Waals surface area (Å²) in [5.41, 5.74) is 6.08. The van der Waals surface area contributed by atoms with Crippen molar-refractivity contribution in [3.05, 3.63) is 34.5 Å². The molecule has 0 spiro atoms. The number of nitrogens with one attached hydrogen (secondary N) is 1. The molecule has 2 rings (SSSR count). The van der Waals surface area contributed by atoms with E-state index in [0.29, 0.717) is 12.1 Å². The summed E-state index contributed by atoms with van der Waals surface area (Å²) in [5, 5.41) is 0. The summed E-state index contributed by atoms with van der Waals surface area (Å²) in [4.78, 5) is 14.0. The topological polar surface area (TPSA) is 63.8 Å². The number of para-hydroxylation sites is 1. The summed E-state index contributed by atoms with van der Waals surface area (Å²) in [7, 11) is 0. The Bertz CT molecular complexity index is 541. The molecule has 1 heterocycles. The molecule has 3 N–H and O–H groups in total. The zero-order valence-corrected chi connectivity index (χ0v) is 8.33. The summed E-state index contributed by atoms with van der Waals surface area (Å²) in [6, 6.07) is 4.43. The third kappa shape index (κ3) is 1.66. The van der Waals surface area contributed by atoms with Crippen molar-refractivity contribution in [2.45, 2.75) is 19.5 Å². The fourth-order valence-corrected chi connectivity index (χ4v) is 1.61. The van der Waals surface area contributed by atoms with Crippen LogP contribution in [0.3, 0.4) is 0 Å². The zero-order chi connectivity index (χ0) is 11.0. The van der Waals surface area contributed by atoms with E-state index in [1.165, 1.54) is 10.6 Å². The van der Waals surface area contributed by atoms with E-state index in [2.05, 4.69) is 4.98 Å². The molecule has 0 saturated carbocycles. The average molecular weight is 209 g/mol. The number of hydrogen-bond donors (Lipinski definition) is 2. The molecule has 80 valence electrons. The Hall–Kier alpha value is -1.62. The number of benzene rings is 1. The molecule has 0 fully saturated rings. The Labute approximate surface area is 85.5 Å². The lowest BCUT2D eigenvalue weighted by molar-refractivity contribution is 0.588. The molecule has 1 unspecified atom stereocenters. The van der Waals surface area contributed by atoms with Crippen LogP contribution in [-0.2, 0) is 6.54 Å². The Morgan fingerprint density at radius 1 is 1.60 bits per heavy atom. The molecule has 0 radical (unpaired) electrons. The largest absolute Gasteiger partial charge is 0.326 e. The van der Waals surface area contributed by atoms with Gasteiger partial charge in [-0.05, 0) is 19.1 Å². The molecule has 0 bridgehead atoms. The van der Waals surface area contributed by atoms with Gasteiger partial charge in [-0.15, -0.1) is 0 Å². The van der Waals surface area contributed by atoms with Gasteiger partial charge in [0.25, 0.3) is 0 Å². The molecule has 0 amide bonds. The van der Waals surface area contributed by atoms with E-state index in [4.69, 9.17) is 5.73 Å². The summed E-state index contributed by atoms with van der Waals surface area (Å²) in [6.07, 6.45) is 0. The van der Waals surface area contributed by atoms with Gasteiger partial charge in [-0.1, -0.05) is 6.07 Å². The van der Waals surface area contributed by atoms with Gasteiger partial charge in [-0.3, -0.25) is 4.57 Å². The van der Waals surface area contributed by atoms with Crippen LogP contribution < -0.4 is 11.4 Å². The maximum Gasteiger partial charge on any atom is 0.326 e. The first-order valence-corrected chi connectivity index (χ1v) is 4.72. The molecule has 2 aromatic rings. The van der Waals surface area contributed by atoms with Gasteiger partial charge in [0.1, 0.15) is 11.3 Å². The second-order valence-corrected chi connectivity index (χ2v) is 3.65. The Morgan fingerprint density at radius 2 is 2.33 bits per heavy atom. The van der Waals surface area contributed by atoms with Crippen LogP contribution in [0.1, 0.15) is 6.92 Å². The highest BCUT2D eigenvalue weighted by Crippen LogP contribution is 2.13. The number of rotatable bonds is 2. The van der Waals surface area contributed by atoms with Crippen molar-refractivity contribution in [3.8, 4) is 0 Å². The van der Waals surface area contributed by atoms with Crippen molar-refractivity contribution in [1.82, 2.24) is 9.55 Å². The van der Waals surface area contributed by atoms with Crippen LogP contribution in [0, 0.1) is 5.82 Å². The van der Waals surface area contributed by atoms with Crippen molar-refractivity contribution in [3.63, 3.8) is 0 Å². The number of aromatic nitrogens is 2. The van der Waals surface area contributed by atoms with E-state index in [1.807, 2.05) is 0 Å². The lowest BCUT2D eigenvalue weighted by Gasteiger charge is -2.05. The average Bonchev–Trinajstić information content (AvgIpc) is 2.45. The van der Waals surface area contributed by atoms with Gasteiger partial charge in [0, 0.05) is 12.6 Å². The van der Waals surface area contributed by atoms with E-state index in [9.17, 15) is 9.18 Å². The normalized spacial score (nSPS) is 13.3. The van der Waals surface area contributed by atoms with Gasteiger partial charge in [0.15, 0.2) is 0 Å². The Kier molecular flexibility index (Phi) is 2.32. The standard InChI is InChI=1S/C10H12FN3O/c1-6(12)5-14-8-4-2-3-7(11)9(8)13-10(14)15/h2-4,6H,5,12H2,1H3,(H,13,15). The highest BCUT2D eigenvalue weighted by Gasteiger charge is 2.10. The first-order chi connectivity index (χ1) is 7.09. The SMILES string of the molecule is CC(N)Cn1c(=O)[nH]c2c(F)cccc21. The lowest BCUT2D eigenvalue weighted by Crippen LogP contribution is -2.28. The fraction of sp³-hybridized carbons (Fsp3) is 0.300. The minimum absolute atomic E-state index is 0.148. The third-order valence-electron chi connectivity index (χ3n) is 2.23. The first kappa shape index (κ1) is 9.92. The van der Waals surface area contributed by atoms with Crippen molar-refractivity contribution in [2.24, 2.45) is 5.73 Å². The van der Waals surface area contributed by atoms with Crippen molar-refractivity contribution in [1.29, 1.82) is 0 Å². The zero-order valence-electron chi connectivity index (χ0n) is 8.33. The molecule has 1 atom stereocenters. The maximum atomic E-state index is 13.3. The lowest BCUT2D eigenvalue weighted by atomic mass is 10.3. The molecule has 4 nitrogen and oxygen atoms in total. The molecule has 5 heteroatoms. The number of hydrogen-bond acceptors (Lipinski definition) is 2. The summed E-state index contributed by atoms with van der Waals surface area (Å²) in [5.74, 6) is -0.423. The van der Waals surface area contributed by atoms with Crippen LogP contribution in [0.4, 0.5) is 4.39 Å². The molecule has 1 aromatic carbocycles. The van der Waals surface area contributed by atoms with Crippen molar-refractivity contribution < 1.29 is 4.39 Å². The van der Waals surface area contributed by atoms with Gasteiger partial charge in [0.2, 0.25) is 0 Å². The summed E-state index contributed by atoms with van der Waals surface area (Å²) in [6.45, 7) is 2.17. The minimum atomic E-state index is -0.423. The smallest absolute Gasteiger partial charge is 0.326 e. The molecule has 0 aliphatic carbocycles. The predicted octanol–water partition coefficient (Wildman–Crippen LogP) is 0.816. The van der Waals surface area contributed by atoms with Crippen LogP contribution in [0.2, 0.25) is 0 Å². The highest BCUT2D eigenvalue weighted by molar-refractivity contribution is 5.75. The first-order valence-electron chi connectivity index (χ1n) is 4.72. The van der Waals surface area contributed by atoms with Crippen LogP contribution in [0.15, 0.2) is 23.0 Å². The van der Waals surface area contributed by atoms with Gasteiger partial charge in [-0.2, -0.15) is 0 Å². The number of aromatic amines is 1. The van der Waals surface area contributed by atoms with E-state index in [0.717, 1.165) is 0 Å². The molecule has 1 aromatic heterocycles. The number of nitrogens with two attached hydrogens (primary N) is 1. The predicted molar refractivity (Wildman–Crippen MR) is 56.2 cm³/mol. The van der Waals surface area contributed by atoms with Crippen LogP contribution in [-0.4, -0.2) is 15.6 Å². The van der Waals surface area contributed by atoms with Crippen LogP contribution in [0.25, 0.3) is 11.0 Å². The fourth-order valence-electron chi connectivity index (χ4n) is 1.61. The Balaban J connectivity index is 2.69. The Morgan fingerprint density at radius 3 is 3.00 bits per heavy atom. The molecular formula is C10H12FN3O. The number of imidazole rings is 1. The van der Waals surface area contributed by atoms with Gasteiger partial charge in [-0.25, -0.2) is 9.18 Å². The molecule has 0 saturated heterocycles. The van der Waals surface area contributed by atoms with Gasteiger partial charge < -0.3 is 10.7 Å². The van der Waals surface area contributed by atoms with Gasteiger partial charge >= 0.3 is 5.69 Å². The maximum absolute atomic E-state index is 13.3. The second kappa shape index (κ2) is 3.51. The molecule has 0 aliphatic rings. The number of fused-ring (bicyclic) bond motifs is 1. The van der Waals surface area contributed by atoms with Gasteiger partial charge in [0.05, 0.1) is 5.52 Å². The van der Waals surface area contributed by atoms with E-state index >= 15 is 0 Å². The molecule has 0 aliphatic heterocycles. The summed E-state index contributed by atoms with van der Waals surface area (Å²) < 4.78 is 14.7. The highest BCUT2D eigenvalue weighted by atomic mass is 19.1. The second-order valence-electron chi connectivity index (χ2n) is 3.65. The quantitative estimate of drug-likeness (QED) is 0.769. The third-order valence-corrected chi connectivity index (χ3v) is 2.23. The molecule has 15 heavy (non-hydrogen) atoms. The van der Waals surface area contributed by atoms with E-state index < -0.39 is 5.82 Å². The van der Waals surface area contributed by atoms with Crippen LogP contribution >= 0.6 is 0 Å². The minimum Gasteiger partial charge on any atom is -0.326 e.